The second-order valence-corrected chi connectivity index (χ2v) is 3.90. The second kappa shape index (κ2) is 5.75. The van der Waals surface area contributed by atoms with E-state index in [2.05, 4.69) is 10.1 Å². The number of ether oxygens (including phenoxy) is 1. The summed E-state index contributed by atoms with van der Waals surface area (Å²) in [5, 5.41) is 2.82. The van der Waals surface area contributed by atoms with Crippen molar-refractivity contribution in [1.82, 2.24) is 0 Å². The predicted molar refractivity (Wildman–Crippen MR) is 61.2 cm³/mol. The number of esters is 1. The minimum atomic E-state index is -4.37. The average molecular weight is 261 g/mol. The highest BCUT2D eigenvalue weighted by atomic mass is 19.4. The lowest BCUT2D eigenvalue weighted by molar-refractivity contribution is -0.141. The summed E-state index contributed by atoms with van der Waals surface area (Å²) in [6.45, 7) is 1.69. The molecule has 1 aromatic rings. The largest absolute Gasteiger partial charge is 0.469 e. The van der Waals surface area contributed by atoms with E-state index in [4.69, 9.17) is 0 Å². The van der Waals surface area contributed by atoms with Gasteiger partial charge in [-0.1, -0.05) is 6.07 Å². The lowest BCUT2D eigenvalue weighted by atomic mass is 10.1. The van der Waals surface area contributed by atoms with Crippen molar-refractivity contribution in [3.05, 3.63) is 29.8 Å². The van der Waals surface area contributed by atoms with Gasteiger partial charge in [-0.3, -0.25) is 4.79 Å². The Bertz CT molecular complexity index is 418. The summed E-state index contributed by atoms with van der Waals surface area (Å²) >= 11 is 0. The highest BCUT2D eigenvalue weighted by Crippen LogP contribution is 2.30. The van der Waals surface area contributed by atoms with Crippen LogP contribution in [0.3, 0.4) is 0 Å². The molecule has 1 N–H and O–H groups in total. The smallest absolute Gasteiger partial charge is 0.416 e. The highest BCUT2D eigenvalue weighted by Gasteiger charge is 2.30. The van der Waals surface area contributed by atoms with E-state index >= 15 is 0 Å². The predicted octanol–water partition coefficient (Wildman–Crippen LogP) is 3.07. The third kappa shape index (κ3) is 4.27. The quantitative estimate of drug-likeness (QED) is 0.846. The van der Waals surface area contributed by atoms with Crippen LogP contribution < -0.4 is 5.32 Å². The Morgan fingerprint density at radius 2 is 2.11 bits per heavy atom. The van der Waals surface area contributed by atoms with Gasteiger partial charge in [-0.15, -0.1) is 0 Å². The Kier molecular flexibility index (Phi) is 4.58. The van der Waals surface area contributed by atoms with Gasteiger partial charge in [0.05, 0.1) is 19.1 Å². The van der Waals surface area contributed by atoms with Crippen LogP contribution in [-0.4, -0.2) is 19.1 Å². The molecule has 0 spiro atoms. The summed E-state index contributed by atoms with van der Waals surface area (Å²) in [4.78, 5) is 11.0. The average Bonchev–Trinajstić information content (AvgIpc) is 2.27. The molecule has 3 nitrogen and oxygen atoms in total. The second-order valence-electron chi connectivity index (χ2n) is 3.90. The van der Waals surface area contributed by atoms with Crippen LogP contribution in [0, 0.1) is 0 Å². The van der Waals surface area contributed by atoms with Gasteiger partial charge in [0.2, 0.25) is 0 Å². The number of hydrogen-bond donors (Lipinski definition) is 1. The molecule has 1 unspecified atom stereocenters. The van der Waals surface area contributed by atoms with E-state index in [-0.39, 0.29) is 12.5 Å². The molecule has 0 aromatic heterocycles. The van der Waals surface area contributed by atoms with Crippen LogP contribution in [-0.2, 0) is 15.7 Å². The number of rotatable bonds is 4. The maximum Gasteiger partial charge on any atom is 0.416 e. The van der Waals surface area contributed by atoms with Crippen LogP contribution in [0.1, 0.15) is 18.9 Å². The Balaban J connectivity index is 2.71. The first-order chi connectivity index (χ1) is 8.32. The van der Waals surface area contributed by atoms with Crippen molar-refractivity contribution >= 4 is 11.7 Å². The molecule has 0 heterocycles. The fourth-order valence-electron chi connectivity index (χ4n) is 1.45. The zero-order valence-electron chi connectivity index (χ0n) is 10.0. The van der Waals surface area contributed by atoms with Crippen LogP contribution >= 0.6 is 0 Å². The summed E-state index contributed by atoms with van der Waals surface area (Å²) in [6, 6.07) is 4.53. The Morgan fingerprint density at radius 3 is 2.67 bits per heavy atom. The molecule has 0 saturated carbocycles. The number of methoxy groups -OCH3 is 1. The topological polar surface area (TPSA) is 38.3 Å². The fourth-order valence-corrected chi connectivity index (χ4v) is 1.45. The first-order valence-electron chi connectivity index (χ1n) is 5.33. The summed E-state index contributed by atoms with van der Waals surface area (Å²) in [6.07, 6.45) is -4.28. The van der Waals surface area contributed by atoms with Gasteiger partial charge in [0.25, 0.3) is 0 Å². The van der Waals surface area contributed by atoms with Crippen molar-refractivity contribution in [2.45, 2.75) is 25.6 Å². The number of hydrogen-bond acceptors (Lipinski definition) is 3. The lowest BCUT2D eigenvalue weighted by Gasteiger charge is -2.15. The molecule has 0 aliphatic heterocycles. The number of halogens is 3. The first-order valence-corrected chi connectivity index (χ1v) is 5.33. The van der Waals surface area contributed by atoms with Crippen LogP contribution in [0.25, 0.3) is 0 Å². The Labute approximate surface area is 103 Å². The van der Waals surface area contributed by atoms with Crippen molar-refractivity contribution in [3.63, 3.8) is 0 Å². The maximum atomic E-state index is 12.5. The van der Waals surface area contributed by atoms with E-state index in [0.29, 0.717) is 5.69 Å². The molecule has 0 bridgehead atoms. The molecule has 0 aliphatic carbocycles. The van der Waals surface area contributed by atoms with Crippen LogP contribution in [0.4, 0.5) is 18.9 Å². The van der Waals surface area contributed by atoms with Gasteiger partial charge in [0, 0.05) is 11.7 Å². The van der Waals surface area contributed by atoms with Crippen LogP contribution in [0.5, 0.6) is 0 Å². The van der Waals surface area contributed by atoms with Gasteiger partial charge in [-0.2, -0.15) is 13.2 Å². The van der Waals surface area contributed by atoms with Gasteiger partial charge >= 0.3 is 12.1 Å². The molecule has 0 fully saturated rings. The normalized spacial score (nSPS) is 12.9. The van der Waals surface area contributed by atoms with Crippen LogP contribution in [0.2, 0.25) is 0 Å². The molecule has 1 aromatic carbocycles. The molecule has 1 atom stereocenters. The third-order valence-corrected chi connectivity index (χ3v) is 2.30. The maximum absolute atomic E-state index is 12.5. The minimum absolute atomic E-state index is 0.0900. The zero-order chi connectivity index (χ0) is 13.8. The van der Waals surface area contributed by atoms with Gasteiger partial charge in [-0.05, 0) is 25.1 Å². The van der Waals surface area contributed by atoms with Crippen molar-refractivity contribution in [3.8, 4) is 0 Å². The van der Waals surface area contributed by atoms with Gasteiger partial charge in [-0.25, -0.2) is 0 Å². The minimum Gasteiger partial charge on any atom is -0.469 e. The van der Waals surface area contributed by atoms with Gasteiger partial charge in [0.15, 0.2) is 0 Å². The molecule has 0 amide bonds. The van der Waals surface area contributed by atoms with Crippen molar-refractivity contribution < 1.29 is 22.7 Å². The van der Waals surface area contributed by atoms with Crippen molar-refractivity contribution in [2.75, 3.05) is 12.4 Å². The van der Waals surface area contributed by atoms with Crippen molar-refractivity contribution in [2.24, 2.45) is 0 Å². The number of anilines is 1. The molecular formula is C12H14F3NO2. The van der Waals surface area contributed by atoms with Crippen LogP contribution in [0.15, 0.2) is 24.3 Å². The van der Waals surface area contributed by atoms with E-state index in [1.807, 2.05) is 0 Å². The molecule has 0 aliphatic rings. The molecule has 0 radical (unpaired) electrons. The standard InChI is InChI=1S/C12H14F3NO2/c1-8(6-11(17)18-2)16-10-5-3-4-9(7-10)12(13,14)15/h3-5,7-8,16H,6H2,1-2H3. The summed E-state index contributed by atoms with van der Waals surface area (Å²) in [5.41, 5.74) is -0.404. The molecule has 0 saturated heterocycles. The number of carbonyl (C=O) groups excluding carboxylic acids is 1. The molecule has 6 heteroatoms. The number of nitrogens with one attached hydrogen (secondary N) is 1. The SMILES string of the molecule is COC(=O)CC(C)Nc1cccc(C(F)(F)F)c1. The highest BCUT2D eigenvalue weighted by molar-refractivity contribution is 5.70. The van der Waals surface area contributed by atoms with E-state index in [1.165, 1.54) is 19.2 Å². The molecule has 18 heavy (non-hydrogen) atoms. The zero-order valence-corrected chi connectivity index (χ0v) is 10.0. The summed E-state index contributed by atoms with van der Waals surface area (Å²) < 4.78 is 41.9. The van der Waals surface area contributed by atoms with E-state index in [0.717, 1.165) is 12.1 Å². The third-order valence-electron chi connectivity index (χ3n) is 2.30. The van der Waals surface area contributed by atoms with Gasteiger partial charge in [0.1, 0.15) is 0 Å². The van der Waals surface area contributed by atoms with E-state index in [9.17, 15) is 18.0 Å². The Hall–Kier alpha value is -1.72. The monoisotopic (exact) mass is 261 g/mol. The first kappa shape index (κ1) is 14.3. The van der Waals surface area contributed by atoms with E-state index < -0.39 is 17.7 Å². The van der Waals surface area contributed by atoms with Gasteiger partial charge < -0.3 is 10.1 Å². The molecular weight excluding hydrogens is 247 g/mol. The lowest BCUT2D eigenvalue weighted by Crippen LogP contribution is -2.20. The molecule has 1 rings (SSSR count). The molecule has 100 valence electrons. The summed E-state index contributed by atoms with van der Waals surface area (Å²) in [5.74, 6) is -0.415. The van der Waals surface area contributed by atoms with E-state index in [1.54, 1.807) is 6.92 Å². The fraction of sp³-hybridized carbons (Fsp3) is 0.417. The van der Waals surface area contributed by atoms with Crippen molar-refractivity contribution in [1.29, 1.82) is 0 Å². The number of carbonyl (C=O) groups is 1. The number of alkyl halides is 3. The summed E-state index contributed by atoms with van der Waals surface area (Å²) in [7, 11) is 1.26. The number of benzene rings is 1. The Morgan fingerprint density at radius 1 is 1.44 bits per heavy atom.